The molecule has 5 heteroatoms. The number of hydrogen-bond acceptors (Lipinski definition) is 2. The van der Waals surface area contributed by atoms with E-state index in [9.17, 15) is 13.2 Å². The van der Waals surface area contributed by atoms with Crippen LogP contribution in [0.5, 0.6) is 5.75 Å². The molecule has 0 radical (unpaired) electrons. The lowest BCUT2D eigenvalue weighted by atomic mass is 9.96. The molecule has 112 valence electrons. The summed E-state index contributed by atoms with van der Waals surface area (Å²) in [7, 11) is 0. The summed E-state index contributed by atoms with van der Waals surface area (Å²) >= 11 is 0. The Kier molecular flexibility index (Phi) is 4.85. The molecule has 21 heavy (non-hydrogen) atoms. The topological polar surface area (TPSA) is 35.2 Å². The standard InChI is InChI=1S/C16H16F3NO/c1-10-6-7-12(17)8-11(10)9-14(20)13-4-2-3-5-15(13)21-16(18)19/h2-8,14,16H,9,20H2,1H3. The van der Waals surface area contributed by atoms with Crippen LogP contribution in [0.3, 0.4) is 0 Å². The van der Waals surface area contributed by atoms with Crippen LogP contribution in [0.1, 0.15) is 22.7 Å². The molecule has 2 aromatic rings. The fourth-order valence-corrected chi connectivity index (χ4v) is 2.20. The van der Waals surface area contributed by atoms with Crippen LogP contribution >= 0.6 is 0 Å². The maximum atomic E-state index is 13.3. The average Bonchev–Trinajstić information content (AvgIpc) is 2.42. The van der Waals surface area contributed by atoms with Gasteiger partial charge in [0.25, 0.3) is 0 Å². The number of halogens is 3. The Hall–Kier alpha value is -2.01. The molecular weight excluding hydrogens is 279 g/mol. The van der Waals surface area contributed by atoms with Crippen LogP contribution in [0.2, 0.25) is 0 Å². The lowest BCUT2D eigenvalue weighted by Crippen LogP contribution is -2.16. The molecule has 2 rings (SSSR count). The first-order valence-electron chi connectivity index (χ1n) is 6.51. The average molecular weight is 295 g/mol. The van der Waals surface area contributed by atoms with E-state index in [1.807, 2.05) is 6.92 Å². The molecule has 0 spiro atoms. The molecular formula is C16H16F3NO. The number of aryl methyl sites for hydroxylation is 1. The summed E-state index contributed by atoms with van der Waals surface area (Å²) in [5, 5.41) is 0. The molecule has 1 atom stereocenters. The van der Waals surface area contributed by atoms with Crippen molar-refractivity contribution in [2.24, 2.45) is 5.73 Å². The van der Waals surface area contributed by atoms with Crippen LogP contribution in [-0.2, 0) is 6.42 Å². The second-order valence-corrected chi connectivity index (χ2v) is 4.80. The lowest BCUT2D eigenvalue weighted by Gasteiger charge is -2.17. The van der Waals surface area contributed by atoms with Gasteiger partial charge in [0.15, 0.2) is 0 Å². The Morgan fingerprint density at radius 2 is 1.86 bits per heavy atom. The number of ether oxygens (including phenoxy) is 1. The van der Waals surface area contributed by atoms with E-state index in [2.05, 4.69) is 4.74 Å². The predicted octanol–water partition coefficient (Wildman–Crippen LogP) is 3.98. The fourth-order valence-electron chi connectivity index (χ4n) is 2.20. The molecule has 0 fully saturated rings. The lowest BCUT2D eigenvalue weighted by molar-refractivity contribution is -0.0506. The molecule has 0 aliphatic rings. The first kappa shape index (κ1) is 15.4. The second kappa shape index (κ2) is 6.63. The normalized spacial score (nSPS) is 12.5. The summed E-state index contributed by atoms with van der Waals surface area (Å²) in [6.45, 7) is -1.06. The van der Waals surface area contributed by atoms with Gasteiger partial charge in [-0.2, -0.15) is 8.78 Å². The molecule has 0 saturated carbocycles. The van der Waals surface area contributed by atoms with Crippen molar-refractivity contribution >= 4 is 0 Å². The van der Waals surface area contributed by atoms with Crippen LogP contribution in [0.15, 0.2) is 42.5 Å². The van der Waals surface area contributed by atoms with E-state index < -0.39 is 12.7 Å². The van der Waals surface area contributed by atoms with Crippen molar-refractivity contribution < 1.29 is 17.9 Å². The van der Waals surface area contributed by atoms with E-state index in [1.165, 1.54) is 18.2 Å². The fraction of sp³-hybridized carbons (Fsp3) is 0.250. The van der Waals surface area contributed by atoms with E-state index in [4.69, 9.17) is 5.73 Å². The van der Waals surface area contributed by atoms with E-state index >= 15 is 0 Å². The summed E-state index contributed by atoms with van der Waals surface area (Å²) in [6, 6.07) is 10.3. The van der Waals surface area contributed by atoms with Crippen molar-refractivity contribution in [3.05, 3.63) is 65.0 Å². The van der Waals surface area contributed by atoms with E-state index in [-0.39, 0.29) is 11.6 Å². The second-order valence-electron chi connectivity index (χ2n) is 4.80. The van der Waals surface area contributed by atoms with Crippen LogP contribution < -0.4 is 10.5 Å². The highest BCUT2D eigenvalue weighted by atomic mass is 19.3. The highest BCUT2D eigenvalue weighted by molar-refractivity contribution is 5.38. The van der Waals surface area contributed by atoms with Gasteiger partial charge in [-0.3, -0.25) is 0 Å². The maximum absolute atomic E-state index is 13.3. The number of nitrogens with two attached hydrogens (primary N) is 1. The molecule has 0 aliphatic heterocycles. The van der Waals surface area contributed by atoms with E-state index in [0.29, 0.717) is 12.0 Å². The molecule has 0 bridgehead atoms. The number of hydrogen-bond donors (Lipinski definition) is 1. The largest absolute Gasteiger partial charge is 0.434 e. The molecule has 0 saturated heterocycles. The van der Waals surface area contributed by atoms with E-state index in [1.54, 1.807) is 24.3 Å². The van der Waals surface area contributed by atoms with Crippen molar-refractivity contribution in [3.8, 4) is 5.75 Å². The third kappa shape index (κ3) is 3.98. The smallest absolute Gasteiger partial charge is 0.387 e. The van der Waals surface area contributed by atoms with Gasteiger partial charge in [-0.1, -0.05) is 24.3 Å². The Bertz CT molecular complexity index is 616. The first-order valence-corrected chi connectivity index (χ1v) is 6.51. The van der Waals surface area contributed by atoms with Crippen molar-refractivity contribution in [3.63, 3.8) is 0 Å². The van der Waals surface area contributed by atoms with Gasteiger partial charge in [-0.05, 0) is 42.7 Å². The summed E-state index contributed by atoms with van der Waals surface area (Å²) in [6.07, 6.45) is 0.340. The van der Waals surface area contributed by atoms with Crippen molar-refractivity contribution in [1.29, 1.82) is 0 Å². The van der Waals surface area contributed by atoms with Gasteiger partial charge in [0.2, 0.25) is 0 Å². The molecule has 2 aromatic carbocycles. The number of alkyl halides is 2. The van der Waals surface area contributed by atoms with Gasteiger partial charge in [0.05, 0.1) is 0 Å². The Balaban J connectivity index is 2.24. The zero-order chi connectivity index (χ0) is 15.4. The Morgan fingerprint density at radius 3 is 2.57 bits per heavy atom. The van der Waals surface area contributed by atoms with Gasteiger partial charge < -0.3 is 10.5 Å². The zero-order valence-corrected chi connectivity index (χ0v) is 11.5. The molecule has 0 heterocycles. The molecule has 2 nitrogen and oxygen atoms in total. The van der Waals surface area contributed by atoms with Gasteiger partial charge in [0.1, 0.15) is 11.6 Å². The highest BCUT2D eigenvalue weighted by Crippen LogP contribution is 2.28. The monoisotopic (exact) mass is 295 g/mol. The summed E-state index contributed by atoms with van der Waals surface area (Å²) < 4.78 is 42.5. The Morgan fingerprint density at radius 1 is 1.14 bits per heavy atom. The van der Waals surface area contributed by atoms with Gasteiger partial charge in [-0.25, -0.2) is 4.39 Å². The van der Waals surface area contributed by atoms with Crippen molar-refractivity contribution in [2.45, 2.75) is 26.0 Å². The zero-order valence-electron chi connectivity index (χ0n) is 11.5. The van der Waals surface area contributed by atoms with Crippen LogP contribution in [0.25, 0.3) is 0 Å². The summed E-state index contributed by atoms with van der Waals surface area (Å²) in [4.78, 5) is 0. The molecule has 0 aliphatic carbocycles. The third-order valence-corrected chi connectivity index (χ3v) is 3.29. The highest BCUT2D eigenvalue weighted by Gasteiger charge is 2.16. The predicted molar refractivity (Wildman–Crippen MR) is 74.8 cm³/mol. The minimum absolute atomic E-state index is 0.0501. The van der Waals surface area contributed by atoms with Crippen LogP contribution in [0, 0.1) is 12.7 Å². The van der Waals surface area contributed by atoms with Crippen LogP contribution in [-0.4, -0.2) is 6.61 Å². The molecule has 1 unspecified atom stereocenters. The maximum Gasteiger partial charge on any atom is 0.387 e. The first-order chi connectivity index (χ1) is 9.97. The Labute approximate surface area is 121 Å². The molecule has 0 amide bonds. The number of rotatable bonds is 5. The van der Waals surface area contributed by atoms with Crippen molar-refractivity contribution in [1.82, 2.24) is 0 Å². The number of benzene rings is 2. The summed E-state index contributed by atoms with van der Waals surface area (Å²) in [5.41, 5.74) is 8.20. The SMILES string of the molecule is Cc1ccc(F)cc1CC(N)c1ccccc1OC(F)F. The number of para-hydroxylation sites is 1. The van der Waals surface area contributed by atoms with E-state index in [0.717, 1.165) is 11.1 Å². The molecule has 2 N–H and O–H groups in total. The van der Waals surface area contributed by atoms with Gasteiger partial charge in [-0.15, -0.1) is 0 Å². The van der Waals surface area contributed by atoms with Gasteiger partial charge >= 0.3 is 6.61 Å². The summed E-state index contributed by atoms with van der Waals surface area (Å²) in [5.74, 6) is -0.297. The van der Waals surface area contributed by atoms with Crippen molar-refractivity contribution in [2.75, 3.05) is 0 Å². The van der Waals surface area contributed by atoms with Crippen LogP contribution in [0.4, 0.5) is 13.2 Å². The quantitative estimate of drug-likeness (QED) is 0.905. The van der Waals surface area contributed by atoms with Gasteiger partial charge in [0, 0.05) is 11.6 Å². The minimum Gasteiger partial charge on any atom is -0.434 e. The molecule has 0 aromatic heterocycles. The third-order valence-electron chi connectivity index (χ3n) is 3.29. The minimum atomic E-state index is -2.91.